The van der Waals surface area contributed by atoms with Gasteiger partial charge in [-0.3, -0.25) is 0 Å². The van der Waals surface area contributed by atoms with E-state index in [9.17, 15) is 0 Å². The molecule has 0 spiro atoms. The molecule has 0 aliphatic heterocycles. The van der Waals surface area contributed by atoms with Crippen LogP contribution in [0.2, 0.25) is 0 Å². The predicted molar refractivity (Wildman–Crippen MR) is 67.5 cm³/mol. The Bertz CT molecular complexity index is 347. The maximum atomic E-state index is 8.91. The van der Waals surface area contributed by atoms with Crippen molar-refractivity contribution >= 4 is 0 Å². The zero-order valence-electron chi connectivity index (χ0n) is 10.8. The molecular weight excluding hydrogens is 214 g/mol. The lowest BCUT2D eigenvalue weighted by molar-refractivity contribution is 0.202. The van der Waals surface area contributed by atoms with Gasteiger partial charge in [0.25, 0.3) is 0 Å². The second-order valence-electron chi connectivity index (χ2n) is 5.85. The molecule has 17 heavy (non-hydrogen) atoms. The summed E-state index contributed by atoms with van der Waals surface area (Å²) in [6.45, 7) is 5.45. The minimum absolute atomic E-state index is 0.0163. The van der Waals surface area contributed by atoms with E-state index >= 15 is 0 Å². The van der Waals surface area contributed by atoms with Crippen molar-refractivity contribution < 1.29 is 9.52 Å². The molecule has 0 unspecified atom stereocenters. The third-order valence-corrected chi connectivity index (χ3v) is 3.78. The van der Waals surface area contributed by atoms with Gasteiger partial charge in [-0.15, -0.1) is 0 Å². The highest BCUT2D eigenvalue weighted by molar-refractivity contribution is 5.06. The molecule has 1 aromatic rings. The highest BCUT2D eigenvalue weighted by Crippen LogP contribution is 2.35. The van der Waals surface area contributed by atoms with Crippen molar-refractivity contribution in [1.82, 2.24) is 5.32 Å². The van der Waals surface area contributed by atoms with Crippen LogP contribution >= 0.6 is 0 Å². The normalized spacial score (nSPS) is 20.6. The van der Waals surface area contributed by atoms with Crippen molar-refractivity contribution in [3.05, 3.63) is 23.7 Å². The minimum atomic E-state index is -0.0163. The fourth-order valence-electron chi connectivity index (χ4n) is 2.45. The summed E-state index contributed by atoms with van der Waals surface area (Å²) in [6.07, 6.45) is 5.09. The monoisotopic (exact) mass is 237 g/mol. The van der Waals surface area contributed by atoms with Crippen LogP contribution in [0, 0.1) is 5.41 Å². The molecule has 96 valence electrons. The van der Waals surface area contributed by atoms with E-state index in [0.29, 0.717) is 17.2 Å². The van der Waals surface area contributed by atoms with E-state index in [-0.39, 0.29) is 6.61 Å². The zero-order valence-corrected chi connectivity index (χ0v) is 10.8. The molecule has 1 aliphatic carbocycles. The highest BCUT2D eigenvalue weighted by Gasteiger charge is 2.26. The molecule has 0 amide bonds. The van der Waals surface area contributed by atoms with Crippen molar-refractivity contribution in [3.63, 3.8) is 0 Å². The Morgan fingerprint density at radius 2 is 1.94 bits per heavy atom. The third kappa shape index (κ3) is 3.58. The number of rotatable bonds is 4. The molecule has 0 radical (unpaired) electrons. The first-order chi connectivity index (χ1) is 8.09. The smallest absolute Gasteiger partial charge is 0.129 e. The van der Waals surface area contributed by atoms with Crippen LogP contribution in [0.4, 0.5) is 0 Å². The summed E-state index contributed by atoms with van der Waals surface area (Å²) in [7, 11) is 0. The summed E-state index contributed by atoms with van der Waals surface area (Å²) in [4.78, 5) is 0. The van der Waals surface area contributed by atoms with E-state index in [0.717, 1.165) is 12.3 Å². The molecule has 0 bridgehead atoms. The molecular formula is C14H23NO2. The Morgan fingerprint density at radius 1 is 1.29 bits per heavy atom. The summed E-state index contributed by atoms with van der Waals surface area (Å²) in [5.41, 5.74) is 0.521. The number of nitrogens with one attached hydrogen (secondary N) is 1. The quantitative estimate of drug-likeness (QED) is 0.846. The standard InChI is InChI=1S/C14H23NO2/c1-14(2)7-5-11(6-8-14)15-9-12-3-4-13(10-16)17-12/h3-4,11,15-16H,5-10H2,1-2H3. The van der Waals surface area contributed by atoms with Gasteiger partial charge in [0.15, 0.2) is 0 Å². The third-order valence-electron chi connectivity index (χ3n) is 3.78. The zero-order chi connectivity index (χ0) is 12.3. The van der Waals surface area contributed by atoms with E-state index in [1.807, 2.05) is 12.1 Å². The van der Waals surface area contributed by atoms with Crippen molar-refractivity contribution in [2.24, 2.45) is 5.41 Å². The first-order valence-electron chi connectivity index (χ1n) is 6.51. The van der Waals surface area contributed by atoms with Crippen molar-refractivity contribution in [2.75, 3.05) is 0 Å². The van der Waals surface area contributed by atoms with Gasteiger partial charge in [-0.2, -0.15) is 0 Å². The SMILES string of the molecule is CC1(C)CCC(NCc2ccc(CO)o2)CC1. The summed E-state index contributed by atoms with van der Waals surface area (Å²) in [5.74, 6) is 1.56. The topological polar surface area (TPSA) is 45.4 Å². The van der Waals surface area contributed by atoms with Crippen LogP contribution in [-0.2, 0) is 13.2 Å². The largest absolute Gasteiger partial charge is 0.462 e. The van der Waals surface area contributed by atoms with Gasteiger partial charge in [-0.1, -0.05) is 13.8 Å². The number of aliphatic hydroxyl groups excluding tert-OH is 1. The van der Waals surface area contributed by atoms with Gasteiger partial charge in [-0.05, 0) is 43.2 Å². The van der Waals surface area contributed by atoms with Crippen LogP contribution in [0.15, 0.2) is 16.5 Å². The van der Waals surface area contributed by atoms with E-state index in [1.165, 1.54) is 25.7 Å². The summed E-state index contributed by atoms with van der Waals surface area (Å²) in [6, 6.07) is 4.39. The van der Waals surface area contributed by atoms with Crippen LogP contribution in [0.5, 0.6) is 0 Å². The van der Waals surface area contributed by atoms with Crippen LogP contribution in [-0.4, -0.2) is 11.1 Å². The predicted octanol–water partition coefficient (Wildman–Crippen LogP) is 2.83. The first-order valence-corrected chi connectivity index (χ1v) is 6.51. The second kappa shape index (κ2) is 5.23. The average molecular weight is 237 g/mol. The molecule has 1 aliphatic rings. The molecule has 2 N–H and O–H groups in total. The molecule has 1 heterocycles. The van der Waals surface area contributed by atoms with Crippen LogP contribution in [0.3, 0.4) is 0 Å². The lowest BCUT2D eigenvalue weighted by atomic mass is 9.75. The van der Waals surface area contributed by atoms with Gasteiger partial charge < -0.3 is 14.8 Å². The molecule has 3 nitrogen and oxygen atoms in total. The Balaban J connectivity index is 1.75. The van der Waals surface area contributed by atoms with Crippen LogP contribution < -0.4 is 5.32 Å². The lowest BCUT2D eigenvalue weighted by Crippen LogP contribution is -2.35. The second-order valence-corrected chi connectivity index (χ2v) is 5.85. The highest BCUT2D eigenvalue weighted by atomic mass is 16.4. The Kier molecular flexibility index (Phi) is 3.89. The Morgan fingerprint density at radius 3 is 2.53 bits per heavy atom. The lowest BCUT2D eigenvalue weighted by Gasteiger charge is -2.34. The van der Waals surface area contributed by atoms with E-state index in [2.05, 4.69) is 19.2 Å². The summed E-state index contributed by atoms with van der Waals surface area (Å²) < 4.78 is 5.45. The van der Waals surface area contributed by atoms with Gasteiger partial charge in [0.05, 0.1) is 6.54 Å². The minimum Gasteiger partial charge on any atom is -0.462 e. The van der Waals surface area contributed by atoms with Gasteiger partial charge in [-0.25, -0.2) is 0 Å². The summed E-state index contributed by atoms with van der Waals surface area (Å²) >= 11 is 0. The maximum absolute atomic E-state index is 8.91. The van der Waals surface area contributed by atoms with Crippen molar-refractivity contribution in [3.8, 4) is 0 Å². The fourth-order valence-corrected chi connectivity index (χ4v) is 2.45. The van der Waals surface area contributed by atoms with E-state index in [1.54, 1.807) is 0 Å². The van der Waals surface area contributed by atoms with E-state index in [4.69, 9.17) is 9.52 Å². The van der Waals surface area contributed by atoms with Gasteiger partial charge in [0, 0.05) is 6.04 Å². The maximum Gasteiger partial charge on any atom is 0.129 e. The number of hydrogen-bond acceptors (Lipinski definition) is 3. The molecule has 2 rings (SSSR count). The van der Waals surface area contributed by atoms with Crippen molar-refractivity contribution in [1.29, 1.82) is 0 Å². The summed E-state index contributed by atoms with van der Waals surface area (Å²) in [5, 5.41) is 12.4. The molecule has 0 atom stereocenters. The molecule has 1 aromatic heterocycles. The Labute approximate surface area is 103 Å². The average Bonchev–Trinajstić information content (AvgIpc) is 2.75. The molecule has 3 heteroatoms. The van der Waals surface area contributed by atoms with Crippen LogP contribution in [0.25, 0.3) is 0 Å². The van der Waals surface area contributed by atoms with Crippen LogP contribution in [0.1, 0.15) is 51.1 Å². The van der Waals surface area contributed by atoms with Gasteiger partial charge in [0.2, 0.25) is 0 Å². The Hall–Kier alpha value is -0.800. The number of aliphatic hydroxyl groups is 1. The van der Waals surface area contributed by atoms with Gasteiger partial charge >= 0.3 is 0 Å². The molecule has 1 fully saturated rings. The fraction of sp³-hybridized carbons (Fsp3) is 0.714. The van der Waals surface area contributed by atoms with E-state index < -0.39 is 0 Å². The molecule has 0 saturated heterocycles. The molecule has 0 aromatic carbocycles. The number of furan rings is 1. The first kappa shape index (κ1) is 12.7. The van der Waals surface area contributed by atoms with Crippen molar-refractivity contribution in [2.45, 2.75) is 58.7 Å². The van der Waals surface area contributed by atoms with Gasteiger partial charge in [0.1, 0.15) is 18.1 Å². The number of hydrogen-bond donors (Lipinski definition) is 2. The molecule has 1 saturated carbocycles.